The molecule has 0 spiro atoms. The Labute approximate surface area is 134 Å². The SMILES string of the molecule is FC(F)(F)CCN1CCC(N[C@H]2COc3ccccc3C2)CC1. The highest BCUT2D eigenvalue weighted by atomic mass is 19.4. The maximum Gasteiger partial charge on any atom is 0.390 e. The zero-order chi connectivity index (χ0) is 16.3. The molecule has 0 aromatic heterocycles. The highest BCUT2D eigenvalue weighted by Gasteiger charge is 2.30. The highest BCUT2D eigenvalue weighted by molar-refractivity contribution is 5.35. The molecule has 2 heterocycles. The number of alkyl halides is 3. The Hall–Kier alpha value is -1.27. The molecule has 1 aromatic rings. The van der Waals surface area contributed by atoms with E-state index in [-0.39, 0.29) is 12.6 Å². The maximum absolute atomic E-state index is 12.3. The Bertz CT molecular complexity index is 513. The highest BCUT2D eigenvalue weighted by Crippen LogP contribution is 2.25. The molecule has 3 nitrogen and oxygen atoms in total. The van der Waals surface area contributed by atoms with Crippen LogP contribution in [0.3, 0.4) is 0 Å². The summed E-state index contributed by atoms with van der Waals surface area (Å²) < 4.78 is 42.6. The number of benzene rings is 1. The third-order valence-corrected chi connectivity index (χ3v) is 4.65. The van der Waals surface area contributed by atoms with E-state index >= 15 is 0 Å². The van der Waals surface area contributed by atoms with Crippen molar-refractivity contribution in [3.8, 4) is 5.75 Å². The fraction of sp³-hybridized carbons (Fsp3) is 0.647. The van der Waals surface area contributed by atoms with Crippen molar-refractivity contribution in [3.05, 3.63) is 29.8 Å². The number of piperidine rings is 1. The Balaban J connectivity index is 1.41. The first-order valence-corrected chi connectivity index (χ1v) is 8.25. The minimum atomic E-state index is -4.05. The monoisotopic (exact) mass is 328 g/mol. The zero-order valence-corrected chi connectivity index (χ0v) is 13.1. The number of rotatable bonds is 4. The lowest BCUT2D eigenvalue weighted by Gasteiger charge is -2.36. The molecule has 1 fully saturated rings. The van der Waals surface area contributed by atoms with E-state index in [0.29, 0.717) is 12.6 Å². The molecule has 1 atom stereocenters. The molecule has 0 unspecified atom stereocenters. The lowest BCUT2D eigenvalue weighted by molar-refractivity contribution is -0.138. The minimum Gasteiger partial charge on any atom is -0.492 e. The fourth-order valence-electron chi connectivity index (χ4n) is 3.38. The average molecular weight is 328 g/mol. The summed E-state index contributed by atoms with van der Waals surface area (Å²) in [7, 11) is 0. The molecule has 128 valence electrons. The molecule has 0 amide bonds. The summed E-state index contributed by atoms with van der Waals surface area (Å²) >= 11 is 0. The molecule has 1 aromatic carbocycles. The van der Waals surface area contributed by atoms with E-state index in [0.717, 1.165) is 38.1 Å². The predicted octanol–water partition coefficient (Wildman–Crippen LogP) is 3.00. The molecular weight excluding hydrogens is 305 g/mol. The van der Waals surface area contributed by atoms with E-state index in [9.17, 15) is 13.2 Å². The standard InChI is InChI=1S/C17H23F3N2O/c18-17(19,20)7-10-22-8-5-14(6-9-22)21-15-11-13-3-1-2-4-16(13)23-12-15/h1-4,14-15,21H,5-12H2/t15-/m1/s1. The summed E-state index contributed by atoms with van der Waals surface area (Å²) in [6.45, 7) is 2.25. The van der Waals surface area contributed by atoms with Crippen molar-refractivity contribution in [2.45, 2.75) is 43.9 Å². The molecule has 3 rings (SSSR count). The molecule has 6 heteroatoms. The number of halogens is 3. The summed E-state index contributed by atoms with van der Waals surface area (Å²) in [5, 5.41) is 3.62. The normalized spacial score (nSPS) is 23.3. The van der Waals surface area contributed by atoms with Gasteiger partial charge in [0.05, 0.1) is 6.42 Å². The summed E-state index contributed by atoms with van der Waals surface area (Å²) in [6, 6.07) is 8.73. The summed E-state index contributed by atoms with van der Waals surface area (Å²) in [5.74, 6) is 0.965. The van der Waals surface area contributed by atoms with Crippen LogP contribution in [0.4, 0.5) is 13.2 Å². The average Bonchev–Trinajstić information content (AvgIpc) is 2.53. The molecule has 2 aliphatic heterocycles. The third kappa shape index (κ3) is 4.85. The quantitative estimate of drug-likeness (QED) is 0.920. The number of nitrogens with zero attached hydrogens (tertiary/aromatic N) is 1. The van der Waals surface area contributed by atoms with Crippen LogP contribution in [-0.4, -0.2) is 49.4 Å². The molecule has 0 radical (unpaired) electrons. The van der Waals surface area contributed by atoms with Gasteiger partial charge < -0.3 is 15.0 Å². The van der Waals surface area contributed by atoms with Crippen molar-refractivity contribution < 1.29 is 17.9 Å². The van der Waals surface area contributed by atoms with Crippen LogP contribution in [0.5, 0.6) is 5.75 Å². The van der Waals surface area contributed by atoms with Crippen molar-refractivity contribution in [2.24, 2.45) is 0 Å². The van der Waals surface area contributed by atoms with Crippen LogP contribution in [0.2, 0.25) is 0 Å². The number of nitrogens with one attached hydrogen (secondary N) is 1. The fourth-order valence-corrected chi connectivity index (χ4v) is 3.38. The van der Waals surface area contributed by atoms with E-state index < -0.39 is 12.6 Å². The van der Waals surface area contributed by atoms with Gasteiger partial charge in [0.15, 0.2) is 0 Å². The van der Waals surface area contributed by atoms with Crippen molar-refractivity contribution in [2.75, 3.05) is 26.2 Å². The molecule has 1 N–H and O–H groups in total. The molecule has 0 bridgehead atoms. The molecule has 23 heavy (non-hydrogen) atoms. The third-order valence-electron chi connectivity index (χ3n) is 4.65. The first-order valence-electron chi connectivity index (χ1n) is 8.25. The Morgan fingerprint density at radius 2 is 1.87 bits per heavy atom. The number of hydrogen-bond acceptors (Lipinski definition) is 3. The lowest BCUT2D eigenvalue weighted by atomic mass is 9.99. The Kier molecular flexibility index (Phi) is 5.11. The Morgan fingerprint density at radius 1 is 1.13 bits per heavy atom. The van der Waals surface area contributed by atoms with Gasteiger partial charge in [0.25, 0.3) is 0 Å². The van der Waals surface area contributed by atoms with Gasteiger partial charge in [0.1, 0.15) is 12.4 Å². The van der Waals surface area contributed by atoms with Gasteiger partial charge in [-0.15, -0.1) is 0 Å². The molecule has 2 aliphatic rings. The van der Waals surface area contributed by atoms with Gasteiger partial charge in [-0.1, -0.05) is 18.2 Å². The Morgan fingerprint density at radius 3 is 2.61 bits per heavy atom. The first-order chi connectivity index (χ1) is 11.0. The van der Waals surface area contributed by atoms with Crippen LogP contribution in [-0.2, 0) is 6.42 Å². The number of fused-ring (bicyclic) bond motifs is 1. The maximum atomic E-state index is 12.3. The van der Waals surface area contributed by atoms with Crippen LogP contribution in [0.25, 0.3) is 0 Å². The number of hydrogen-bond donors (Lipinski definition) is 1. The first kappa shape index (κ1) is 16.6. The summed E-state index contributed by atoms with van der Waals surface area (Å²) in [5.41, 5.74) is 1.22. The van der Waals surface area contributed by atoms with Crippen LogP contribution in [0.1, 0.15) is 24.8 Å². The zero-order valence-electron chi connectivity index (χ0n) is 13.1. The van der Waals surface area contributed by atoms with E-state index in [1.165, 1.54) is 5.56 Å². The van der Waals surface area contributed by atoms with Crippen molar-refractivity contribution in [1.82, 2.24) is 10.2 Å². The summed E-state index contributed by atoms with van der Waals surface area (Å²) in [4.78, 5) is 1.92. The second-order valence-electron chi connectivity index (χ2n) is 6.47. The van der Waals surface area contributed by atoms with Crippen molar-refractivity contribution in [3.63, 3.8) is 0 Å². The van der Waals surface area contributed by atoms with E-state index in [2.05, 4.69) is 11.4 Å². The van der Waals surface area contributed by atoms with Gasteiger partial charge in [0.2, 0.25) is 0 Å². The van der Waals surface area contributed by atoms with Crippen LogP contribution in [0.15, 0.2) is 24.3 Å². The molecular formula is C17H23F3N2O. The number of para-hydroxylation sites is 1. The largest absolute Gasteiger partial charge is 0.492 e. The van der Waals surface area contributed by atoms with Gasteiger partial charge in [0, 0.05) is 18.6 Å². The topological polar surface area (TPSA) is 24.5 Å². The van der Waals surface area contributed by atoms with Crippen LogP contribution >= 0.6 is 0 Å². The predicted molar refractivity (Wildman–Crippen MR) is 82.7 cm³/mol. The van der Waals surface area contributed by atoms with E-state index in [1.807, 2.05) is 23.1 Å². The number of ether oxygens (including phenoxy) is 1. The van der Waals surface area contributed by atoms with Gasteiger partial charge >= 0.3 is 6.18 Å². The second-order valence-corrected chi connectivity index (χ2v) is 6.47. The van der Waals surface area contributed by atoms with E-state index in [4.69, 9.17) is 4.74 Å². The smallest absolute Gasteiger partial charge is 0.390 e. The van der Waals surface area contributed by atoms with Crippen LogP contribution < -0.4 is 10.1 Å². The van der Waals surface area contributed by atoms with Gasteiger partial charge in [-0.25, -0.2) is 0 Å². The number of likely N-dealkylation sites (tertiary alicyclic amines) is 1. The van der Waals surface area contributed by atoms with Crippen LogP contribution in [0, 0.1) is 0 Å². The van der Waals surface area contributed by atoms with Crippen molar-refractivity contribution >= 4 is 0 Å². The minimum absolute atomic E-state index is 0.121. The second kappa shape index (κ2) is 7.09. The van der Waals surface area contributed by atoms with Gasteiger partial charge in [-0.3, -0.25) is 0 Å². The molecule has 1 saturated heterocycles. The van der Waals surface area contributed by atoms with Crippen molar-refractivity contribution in [1.29, 1.82) is 0 Å². The van der Waals surface area contributed by atoms with Gasteiger partial charge in [-0.05, 0) is 44.0 Å². The molecule has 0 aliphatic carbocycles. The lowest BCUT2D eigenvalue weighted by Crippen LogP contribution is -2.49. The van der Waals surface area contributed by atoms with E-state index in [1.54, 1.807) is 0 Å². The van der Waals surface area contributed by atoms with Gasteiger partial charge in [-0.2, -0.15) is 13.2 Å². The molecule has 0 saturated carbocycles. The summed E-state index contributed by atoms with van der Waals surface area (Å²) in [6.07, 6.45) is -2.02.